The van der Waals surface area contributed by atoms with Crippen molar-refractivity contribution in [1.82, 2.24) is 25.4 Å². The molecular weight excluding hydrogens is 483 g/mol. The van der Waals surface area contributed by atoms with Gasteiger partial charge in [0.25, 0.3) is 0 Å². The topological polar surface area (TPSA) is 67.1 Å². The number of nitrogens with one attached hydrogen (secondary N) is 2. The van der Waals surface area contributed by atoms with E-state index in [-0.39, 0.29) is 24.0 Å². The molecule has 0 amide bonds. The number of hydrogen-bond acceptors (Lipinski definition) is 4. The van der Waals surface area contributed by atoms with Gasteiger partial charge in [0, 0.05) is 24.2 Å². The van der Waals surface area contributed by atoms with Crippen LogP contribution in [0, 0.1) is 6.92 Å². The van der Waals surface area contributed by atoms with Crippen molar-refractivity contribution < 1.29 is 0 Å². The molecule has 3 aromatic rings. The number of guanidine groups is 1. The molecule has 2 aromatic carbocycles. The van der Waals surface area contributed by atoms with E-state index in [0.717, 1.165) is 17.5 Å². The Kier molecular flexibility index (Phi) is 8.78. The van der Waals surface area contributed by atoms with Crippen molar-refractivity contribution in [3.63, 3.8) is 0 Å². The van der Waals surface area contributed by atoms with Crippen molar-refractivity contribution in [2.45, 2.75) is 24.9 Å². The fourth-order valence-corrected chi connectivity index (χ4v) is 3.45. The van der Waals surface area contributed by atoms with Gasteiger partial charge in [0.05, 0.1) is 6.54 Å². The van der Waals surface area contributed by atoms with Crippen LogP contribution in [0.25, 0.3) is 5.69 Å². The average molecular weight is 508 g/mol. The van der Waals surface area contributed by atoms with Crippen LogP contribution in [0.3, 0.4) is 0 Å². The van der Waals surface area contributed by atoms with E-state index < -0.39 is 0 Å². The molecule has 0 atom stereocenters. The van der Waals surface area contributed by atoms with Gasteiger partial charge in [0.1, 0.15) is 6.33 Å². The molecule has 0 aliphatic heterocycles. The Morgan fingerprint density at radius 2 is 1.86 bits per heavy atom. The van der Waals surface area contributed by atoms with E-state index in [1.165, 1.54) is 16.0 Å². The number of thioether (sulfide) groups is 1. The van der Waals surface area contributed by atoms with E-state index >= 15 is 0 Å². The molecule has 0 fully saturated rings. The van der Waals surface area contributed by atoms with E-state index in [1.807, 2.05) is 34.9 Å². The van der Waals surface area contributed by atoms with E-state index in [4.69, 9.17) is 0 Å². The van der Waals surface area contributed by atoms with Gasteiger partial charge in [-0.15, -0.1) is 45.9 Å². The highest BCUT2D eigenvalue weighted by atomic mass is 127. The van der Waals surface area contributed by atoms with Crippen LogP contribution in [0.1, 0.15) is 17.0 Å². The molecule has 0 unspecified atom stereocenters. The lowest BCUT2D eigenvalue weighted by Gasteiger charge is -2.14. The lowest BCUT2D eigenvalue weighted by molar-refractivity contribution is 0.751. The van der Waals surface area contributed by atoms with Crippen molar-refractivity contribution in [1.29, 1.82) is 0 Å². The van der Waals surface area contributed by atoms with Gasteiger partial charge in [-0.2, -0.15) is 0 Å². The zero-order chi connectivity index (χ0) is 19.1. The third kappa shape index (κ3) is 5.71. The normalized spacial score (nSPS) is 11.0. The molecular formula is C20H25IN6S. The highest BCUT2D eigenvalue weighted by Gasteiger charge is 2.08. The number of para-hydroxylation sites is 1. The number of aromatic nitrogens is 3. The van der Waals surface area contributed by atoms with Crippen LogP contribution in [-0.2, 0) is 13.1 Å². The summed E-state index contributed by atoms with van der Waals surface area (Å²) in [5.74, 6) is 1.55. The number of halogens is 1. The van der Waals surface area contributed by atoms with Gasteiger partial charge in [-0.1, -0.05) is 30.3 Å². The Labute approximate surface area is 187 Å². The van der Waals surface area contributed by atoms with Crippen LogP contribution in [0.4, 0.5) is 0 Å². The predicted molar refractivity (Wildman–Crippen MR) is 127 cm³/mol. The van der Waals surface area contributed by atoms with Crippen LogP contribution < -0.4 is 10.6 Å². The maximum Gasteiger partial charge on any atom is 0.191 e. The fraction of sp³-hybridized carbons (Fsp3) is 0.250. The fourth-order valence-electron chi connectivity index (χ4n) is 2.74. The lowest BCUT2D eigenvalue weighted by Crippen LogP contribution is -2.37. The molecule has 3 rings (SSSR count). The molecule has 0 saturated carbocycles. The summed E-state index contributed by atoms with van der Waals surface area (Å²) in [5.41, 5.74) is 3.56. The minimum Gasteiger partial charge on any atom is -0.352 e. The highest BCUT2D eigenvalue weighted by Crippen LogP contribution is 2.21. The molecule has 28 heavy (non-hydrogen) atoms. The smallest absolute Gasteiger partial charge is 0.191 e. The van der Waals surface area contributed by atoms with Gasteiger partial charge in [0.2, 0.25) is 0 Å². The molecule has 8 heteroatoms. The van der Waals surface area contributed by atoms with Crippen LogP contribution >= 0.6 is 35.7 Å². The van der Waals surface area contributed by atoms with Gasteiger partial charge in [-0.3, -0.25) is 9.56 Å². The van der Waals surface area contributed by atoms with E-state index in [0.29, 0.717) is 13.1 Å². The Bertz CT molecular complexity index is 910. The minimum atomic E-state index is 0. The summed E-state index contributed by atoms with van der Waals surface area (Å²) in [6.45, 7) is 3.35. The van der Waals surface area contributed by atoms with Crippen molar-refractivity contribution in [2.75, 3.05) is 13.3 Å². The second-order valence-electron chi connectivity index (χ2n) is 6.05. The molecule has 0 radical (unpaired) electrons. The summed E-state index contributed by atoms with van der Waals surface area (Å²) >= 11 is 1.76. The van der Waals surface area contributed by atoms with Gasteiger partial charge in [-0.25, -0.2) is 0 Å². The van der Waals surface area contributed by atoms with Crippen molar-refractivity contribution in [3.05, 3.63) is 71.8 Å². The summed E-state index contributed by atoms with van der Waals surface area (Å²) in [6, 6.07) is 16.5. The minimum absolute atomic E-state index is 0. The molecule has 0 bridgehead atoms. The standard InChI is InChI=1S/C20H24N6S.HI/c1-15-9-10-16(18(11-15)27-3)12-22-20(21-2)23-13-19-25-24-14-26(19)17-7-5-4-6-8-17;/h4-11,14H,12-13H2,1-3H3,(H2,21,22,23);1H. The molecule has 0 spiro atoms. The van der Waals surface area contributed by atoms with Crippen LogP contribution in [0.5, 0.6) is 0 Å². The number of hydrogen-bond donors (Lipinski definition) is 2. The Morgan fingerprint density at radius 3 is 2.57 bits per heavy atom. The van der Waals surface area contributed by atoms with E-state index in [1.54, 1.807) is 25.1 Å². The Morgan fingerprint density at radius 1 is 1.11 bits per heavy atom. The first-order valence-electron chi connectivity index (χ1n) is 8.73. The second-order valence-corrected chi connectivity index (χ2v) is 6.90. The molecule has 0 aliphatic rings. The number of rotatable bonds is 6. The predicted octanol–water partition coefficient (Wildman–Crippen LogP) is 3.78. The zero-order valence-electron chi connectivity index (χ0n) is 16.2. The van der Waals surface area contributed by atoms with Crippen LogP contribution in [0.15, 0.2) is 64.7 Å². The van der Waals surface area contributed by atoms with Gasteiger partial charge in [-0.05, 0) is 42.5 Å². The SMILES string of the molecule is CN=C(NCc1ccc(C)cc1SC)NCc1nncn1-c1ccccc1.I. The molecule has 1 aromatic heterocycles. The first kappa shape index (κ1) is 22.2. The van der Waals surface area contributed by atoms with Crippen molar-refractivity contribution in [3.8, 4) is 5.69 Å². The first-order valence-corrected chi connectivity index (χ1v) is 9.96. The first-order chi connectivity index (χ1) is 13.2. The summed E-state index contributed by atoms with van der Waals surface area (Å²) < 4.78 is 1.96. The van der Waals surface area contributed by atoms with Crippen molar-refractivity contribution in [2.24, 2.45) is 4.99 Å². The number of aryl methyl sites for hydroxylation is 1. The summed E-state index contributed by atoms with van der Waals surface area (Å²) in [5, 5.41) is 14.9. The third-order valence-electron chi connectivity index (χ3n) is 4.18. The summed E-state index contributed by atoms with van der Waals surface area (Å²) in [7, 11) is 1.77. The van der Waals surface area contributed by atoms with Crippen LogP contribution in [0.2, 0.25) is 0 Å². The lowest BCUT2D eigenvalue weighted by atomic mass is 10.1. The maximum atomic E-state index is 4.31. The molecule has 6 nitrogen and oxygen atoms in total. The Balaban J connectivity index is 0.00000280. The molecule has 148 valence electrons. The molecule has 1 heterocycles. The molecule has 2 N–H and O–H groups in total. The number of nitrogens with zero attached hydrogens (tertiary/aromatic N) is 4. The van der Waals surface area contributed by atoms with E-state index in [2.05, 4.69) is 57.2 Å². The second kappa shape index (κ2) is 11.1. The van der Waals surface area contributed by atoms with Crippen molar-refractivity contribution >= 4 is 41.7 Å². The quantitative estimate of drug-likeness (QED) is 0.230. The van der Waals surface area contributed by atoms with Gasteiger partial charge >= 0.3 is 0 Å². The van der Waals surface area contributed by atoms with Gasteiger partial charge in [0.15, 0.2) is 11.8 Å². The van der Waals surface area contributed by atoms with Gasteiger partial charge < -0.3 is 10.6 Å². The number of aliphatic imine (C=N–C) groups is 1. The molecule has 0 saturated heterocycles. The average Bonchev–Trinajstić information content (AvgIpc) is 3.18. The third-order valence-corrected chi connectivity index (χ3v) is 5.00. The van der Waals surface area contributed by atoms with E-state index in [9.17, 15) is 0 Å². The number of benzene rings is 2. The van der Waals surface area contributed by atoms with Crippen LogP contribution in [-0.4, -0.2) is 34.0 Å². The largest absolute Gasteiger partial charge is 0.352 e. The maximum absolute atomic E-state index is 4.31. The molecule has 0 aliphatic carbocycles. The zero-order valence-corrected chi connectivity index (χ0v) is 19.4. The highest BCUT2D eigenvalue weighted by molar-refractivity contribution is 14.0. The Hall–Kier alpha value is -2.07. The summed E-state index contributed by atoms with van der Waals surface area (Å²) in [6.07, 6.45) is 3.82. The summed E-state index contributed by atoms with van der Waals surface area (Å²) in [4.78, 5) is 5.59. The monoisotopic (exact) mass is 508 g/mol.